The second kappa shape index (κ2) is 8.02. The molecule has 0 saturated carbocycles. The van der Waals surface area contributed by atoms with Crippen molar-refractivity contribution in [1.82, 2.24) is 14.8 Å². The number of rotatable bonds is 7. The Balaban J connectivity index is 1.84. The number of aryl methyl sites for hydroxylation is 1. The predicted octanol–water partition coefficient (Wildman–Crippen LogP) is 5.92. The zero-order valence-electron chi connectivity index (χ0n) is 14.9. The zero-order chi connectivity index (χ0) is 17.8. The Morgan fingerprint density at radius 3 is 2.80 bits per heavy atom. The normalized spacial score (nSPS) is 11.2. The summed E-state index contributed by atoms with van der Waals surface area (Å²) in [5, 5.41) is 12.0. The first-order chi connectivity index (χ1) is 12.1. The summed E-state index contributed by atoms with van der Waals surface area (Å²) in [6.07, 6.45) is 1.90. The van der Waals surface area contributed by atoms with Crippen molar-refractivity contribution in [3.8, 4) is 11.4 Å². The standard InChI is InChI=1S/C20H23N3S2/c1-5-9-23-19(17-11-18(14(2)3)24-13-17)21-22-20(23)25-12-16-8-6-7-15(4)10-16/h5-8,10-11,13-14H,1,9,12H2,2-4H3. The van der Waals surface area contributed by atoms with E-state index in [1.165, 1.54) is 16.0 Å². The summed E-state index contributed by atoms with van der Waals surface area (Å²) < 4.78 is 2.15. The molecule has 0 spiro atoms. The van der Waals surface area contributed by atoms with E-state index in [1.807, 2.05) is 6.08 Å². The van der Waals surface area contributed by atoms with Crippen LogP contribution in [0.3, 0.4) is 0 Å². The number of hydrogen-bond donors (Lipinski definition) is 0. The fraction of sp³-hybridized carbons (Fsp3) is 0.300. The molecule has 0 N–H and O–H groups in total. The molecule has 3 aromatic rings. The lowest BCUT2D eigenvalue weighted by Gasteiger charge is -2.07. The van der Waals surface area contributed by atoms with Crippen molar-refractivity contribution in [2.75, 3.05) is 0 Å². The fourth-order valence-corrected chi connectivity index (χ4v) is 4.42. The minimum absolute atomic E-state index is 0.532. The van der Waals surface area contributed by atoms with E-state index in [2.05, 4.69) is 77.8 Å². The summed E-state index contributed by atoms with van der Waals surface area (Å²) in [5.74, 6) is 2.34. The van der Waals surface area contributed by atoms with E-state index in [0.29, 0.717) is 12.5 Å². The minimum Gasteiger partial charge on any atom is -0.298 e. The van der Waals surface area contributed by atoms with Crippen LogP contribution in [0.4, 0.5) is 0 Å². The van der Waals surface area contributed by atoms with E-state index in [1.54, 1.807) is 23.1 Å². The molecule has 3 rings (SSSR count). The average Bonchev–Trinajstić information content (AvgIpc) is 3.20. The molecular formula is C20H23N3S2. The monoisotopic (exact) mass is 369 g/mol. The molecule has 0 atom stereocenters. The van der Waals surface area contributed by atoms with Gasteiger partial charge in [0.05, 0.1) is 0 Å². The maximum absolute atomic E-state index is 4.46. The molecule has 0 fully saturated rings. The molecule has 0 bridgehead atoms. The molecule has 130 valence electrons. The van der Waals surface area contributed by atoms with Crippen molar-refractivity contribution in [2.45, 2.75) is 44.1 Å². The van der Waals surface area contributed by atoms with Gasteiger partial charge >= 0.3 is 0 Å². The van der Waals surface area contributed by atoms with Crippen LogP contribution in [-0.4, -0.2) is 14.8 Å². The lowest BCUT2D eigenvalue weighted by molar-refractivity contribution is 0.731. The van der Waals surface area contributed by atoms with Crippen molar-refractivity contribution >= 4 is 23.1 Å². The van der Waals surface area contributed by atoms with Gasteiger partial charge in [0.2, 0.25) is 0 Å². The van der Waals surface area contributed by atoms with Gasteiger partial charge in [0.1, 0.15) is 0 Å². The lowest BCUT2D eigenvalue weighted by Crippen LogP contribution is -2.00. The summed E-state index contributed by atoms with van der Waals surface area (Å²) in [5.41, 5.74) is 3.73. The molecule has 0 radical (unpaired) electrons. The summed E-state index contributed by atoms with van der Waals surface area (Å²) in [6.45, 7) is 11.2. The number of hydrogen-bond acceptors (Lipinski definition) is 4. The molecule has 0 aliphatic carbocycles. The maximum Gasteiger partial charge on any atom is 0.192 e. The van der Waals surface area contributed by atoms with Crippen molar-refractivity contribution < 1.29 is 0 Å². The van der Waals surface area contributed by atoms with E-state index in [9.17, 15) is 0 Å². The second-order valence-corrected chi connectivity index (χ2v) is 8.26. The molecule has 25 heavy (non-hydrogen) atoms. The molecule has 2 heterocycles. The number of aromatic nitrogens is 3. The molecule has 0 saturated heterocycles. The molecule has 3 nitrogen and oxygen atoms in total. The van der Waals surface area contributed by atoms with Crippen LogP contribution >= 0.6 is 23.1 Å². The van der Waals surface area contributed by atoms with Gasteiger partial charge in [-0.05, 0) is 24.5 Å². The Morgan fingerprint density at radius 1 is 1.28 bits per heavy atom. The van der Waals surface area contributed by atoms with Crippen LogP contribution in [0.2, 0.25) is 0 Å². The van der Waals surface area contributed by atoms with Crippen molar-refractivity contribution in [3.05, 3.63) is 64.4 Å². The first-order valence-corrected chi connectivity index (χ1v) is 10.3. The van der Waals surface area contributed by atoms with Gasteiger partial charge in [-0.1, -0.05) is 61.5 Å². The van der Waals surface area contributed by atoms with Gasteiger partial charge in [0.15, 0.2) is 11.0 Å². The smallest absolute Gasteiger partial charge is 0.192 e. The van der Waals surface area contributed by atoms with Gasteiger partial charge < -0.3 is 0 Å². The van der Waals surface area contributed by atoms with Gasteiger partial charge in [-0.25, -0.2) is 0 Å². The summed E-state index contributed by atoms with van der Waals surface area (Å²) in [4.78, 5) is 1.37. The third-order valence-corrected chi connectivity index (χ3v) is 6.20. The van der Waals surface area contributed by atoms with Gasteiger partial charge in [0, 0.05) is 28.1 Å². The Morgan fingerprint density at radius 2 is 2.12 bits per heavy atom. The van der Waals surface area contributed by atoms with Crippen LogP contribution < -0.4 is 0 Å². The molecule has 0 aliphatic rings. The van der Waals surface area contributed by atoms with Gasteiger partial charge in [0.25, 0.3) is 0 Å². The first kappa shape index (κ1) is 18.0. The third-order valence-electron chi connectivity index (χ3n) is 3.93. The zero-order valence-corrected chi connectivity index (χ0v) is 16.5. The Hall–Kier alpha value is -1.85. The highest BCUT2D eigenvalue weighted by molar-refractivity contribution is 7.98. The van der Waals surface area contributed by atoms with Crippen molar-refractivity contribution in [1.29, 1.82) is 0 Å². The summed E-state index contributed by atoms with van der Waals surface area (Å²) in [7, 11) is 0. The SMILES string of the molecule is C=CCn1c(SCc2cccc(C)c2)nnc1-c1csc(C(C)C)c1. The molecule has 0 aliphatic heterocycles. The topological polar surface area (TPSA) is 30.7 Å². The van der Waals surface area contributed by atoms with Crippen LogP contribution in [0.25, 0.3) is 11.4 Å². The average molecular weight is 370 g/mol. The molecule has 1 aromatic carbocycles. The first-order valence-electron chi connectivity index (χ1n) is 8.39. The largest absolute Gasteiger partial charge is 0.298 e. The number of thiophene rings is 1. The van der Waals surface area contributed by atoms with E-state index in [4.69, 9.17) is 0 Å². The van der Waals surface area contributed by atoms with Gasteiger partial charge in [-0.3, -0.25) is 4.57 Å². The van der Waals surface area contributed by atoms with Gasteiger partial charge in [-0.15, -0.1) is 28.1 Å². The Bertz CT molecular complexity index is 861. The number of thioether (sulfide) groups is 1. The van der Waals surface area contributed by atoms with Crippen LogP contribution in [0.1, 0.15) is 35.8 Å². The minimum atomic E-state index is 0.532. The molecule has 2 aromatic heterocycles. The third kappa shape index (κ3) is 4.22. The van der Waals surface area contributed by atoms with Crippen LogP contribution in [0.5, 0.6) is 0 Å². The summed E-state index contributed by atoms with van der Waals surface area (Å²) >= 11 is 3.51. The number of allylic oxidation sites excluding steroid dienone is 1. The molecular weight excluding hydrogens is 346 g/mol. The van der Waals surface area contributed by atoms with E-state index in [-0.39, 0.29) is 0 Å². The van der Waals surface area contributed by atoms with E-state index >= 15 is 0 Å². The summed E-state index contributed by atoms with van der Waals surface area (Å²) in [6, 6.07) is 10.8. The predicted molar refractivity (Wildman–Crippen MR) is 108 cm³/mol. The van der Waals surface area contributed by atoms with Gasteiger partial charge in [-0.2, -0.15) is 0 Å². The number of benzene rings is 1. The molecule has 0 unspecified atom stereocenters. The number of nitrogens with zero attached hydrogens (tertiary/aromatic N) is 3. The molecule has 0 amide bonds. The highest BCUT2D eigenvalue weighted by Gasteiger charge is 2.15. The fourth-order valence-electron chi connectivity index (χ4n) is 2.63. The van der Waals surface area contributed by atoms with Crippen LogP contribution in [0.15, 0.2) is 53.5 Å². The second-order valence-electron chi connectivity index (χ2n) is 6.38. The molecule has 5 heteroatoms. The van der Waals surface area contributed by atoms with E-state index < -0.39 is 0 Å². The highest BCUT2D eigenvalue weighted by Crippen LogP contribution is 2.31. The lowest BCUT2D eigenvalue weighted by atomic mass is 10.1. The Labute approximate surface area is 157 Å². The highest BCUT2D eigenvalue weighted by atomic mass is 32.2. The quantitative estimate of drug-likeness (QED) is 0.383. The van der Waals surface area contributed by atoms with Crippen molar-refractivity contribution in [3.63, 3.8) is 0 Å². The van der Waals surface area contributed by atoms with Crippen molar-refractivity contribution in [2.24, 2.45) is 0 Å². The Kier molecular flexibility index (Phi) is 5.76. The maximum atomic E-state index is 4.46. The van der Waals surface area contributed by atoms with Crippen LogP contribution in [0, 0.1) is 6.92 Å². The van der Waals surface area contributed by atoms with E-state index in [0.717, 1.165) is 22.3 Å². The van der Waals surface area contributed by atoms with Crippen LogP contribution in [-0.2, 0) is 12.3 Å².